The molecule has 0 bridgehead atoms. The summed E-state index contributed by atoms with van der Waals surface area (Å²) < 4.78 is 12.2. The van der Waals surface area contributed by atoms with Crippen LogP contribution in [-0.2, 0) is 25.5 Å². The zero-order valence-electron chi connectivity index (χ0n) is 28.7. The van der Waals surface area contributed by atoms with Crippen LogP contribution in [0, 0.1) is 0 Å². The molecule has 1 aliphatic rings. The van der Waals surface area contributed by atoms with Crippen molar-refractivity contribution >= 4 is 29.5 Å². The number of carbonyl (C=O) groups excluding carboxylic acids is 4. The molecule has 2 aromatic carbocycles. The van der Waals surface area contributed by atoms with Gasteiger partial charge in [0.2, 0.25) is 11.8 Å². The van der Waals surface area contributed by atoms with E-state index in [2.05, 4.69) is 21.0 Å². The van der Waals surface area contributed by atoms with Crippen LogP contribution in [0.15, 0.2) is 67.0 Å². The maximum atomic E-state index is 13.7. The molecule has 2 atom stereocenters. The van der Waals surface area contributed by atoms with Crippen LogP contribution in [0.4, 0.5) is 10.5 Å². The Morgan fingerprint density at radius 3 is 2.23 bits per heavy atom. The van der Waals surface area contributed by atoms with Crippen molar-refractivity contribution in [1.29, 1.82) is 0 Å². The van der Waals surface area contributed by atoms with Gasteiger partial charge in [0, 0.05) is 19.3 Å². The Morgan fingerprint density at radius 2 is 1.60 bits per heavy atom. The molecule has 1 aliphatic heterocycles. The molecule has 1 fully saturated rings. The average molecular weight is 661 g/mol. The summed E-state index contributed by atoms with van der Waals surface area (Å²) in [7, 11) is 1.58. The molecule has 48 heavy (non-hydrogen) atoms. The van der Waals surface area contributed by atoms with E-state index in [1.54, 1.807) is 64.7 Å². The lowest BCUT2D eigenvalue weighted by Gasteiger charge is -2.29. The van der Waals surface area contributed by atoms with Crippen molar-refractivity contribution in [3.8, 4) is 5.75 Å². The minimum atomic E-state index is -1.37. The van der Waals surface area contributed by atoms with Crippen LogP contribution >= 0.6 is 0 Å². The molecule has 2 unspecified atom stereocenters. The molecular formula is C36H48N6O6. The van der Waals surface area contributed by atoms with Crippen LogP contribution in [-0.4, -0.2) is 75.9 Å². The van der Waals surface area contributed by atoms with Gasteiger partial charge in [-0.25, -0.2) is 4.79 Å². The number of methoxy groups -OCH3 is 1. The molecule has 12 nitrogen and oxygen atoms in total. The van der Waals surface area contributed by atoms with Gasteiger partial charge < -0.3 is 30.3 Å². The van der Waals surface area contributed by atoms with Crippen LogP contribution in [0.5, 0.6) is 5.75 Å². The highest BCUT2D eigenvalue weighted by Gasteiger charge is 2.35. The SMILES string of the molecule is COc1ccc(C(C(=O)N2CCCC2)n2cc(NC(=O)C(CCCc3ccccc3)NC(=O)C(C)(C)NC(=O)OC(C)(C)C)cn2)cc1. The third kappa shape index (κ3) is 10.1. The van der Waals surface area contributed by atoms with Crippen molar-refractivity contribution in [1.82, 2.24) is 25.3 Å². The first kappa shape index (κ1) is 36.0. The first-order valence-corrected chi connectivity index (χ1v) is 16.4. The monoisotopic (exact) mass is 660 g/mol. The Balaban J connectivity index is 1.51. The van der Waals surface area contributed by atoms with Gasteiger partial charge in [-0.1, -0.05) is 42.5 Å². The zero-order valence-corrected chi connectivity index (χ0v) is 28.7. The van der Waals surface area contributed by atoms with Gasteiger partial charge in [0.25, 0.3) is 5.91 Å². The molecule has 0 radical (unpaired) electrons. The van der Waals surface area contributed by atoms with Crippen LogP contribution in [0.3, 0.4) is 0 Å². The second-order valence-corrected chi connectivity index (χ2v) is 13.6. The largest absolute Gasteiger partial charge is 0.497 e. The normalized spacial score (nSPS) is 14.5. The van der Waals surface area contributed by atoms with Gasteiger partial charge in [0.1, 0.15) is 22.9 Å². The van der Waals surface area contributed by atoms with Crippen LogP contribution in [0.25, 0.3) is 0 Å². The number of aryl methyl sites for hydroxylation is 1. The number of rotatable bonds is 13. The average Bonchev–Trinajstić information content (AvgIpc) is 3.73. The quantitative estimate of drug-likeness (QED) is 0.238. The van der Waals surface area contributed by atoms with E-state index in [4.69, 9.17) is 9.47 Å². The number of amides is 4. The number of aromatic nitrogens is 2. The zero-order chi connectivity index (χ0) is 34.9. The number of ether oxygens (including phenoxy) is 2. The maximum Gasteiger partial charge on any atom is 0.408 e. The van der Waals surface area contributed by atoms with Gasteiger partial charge in [-0.05, 0) is 90.0 Å². The lowest BCUT2D eigenvalue weighted by molar-refractivity contribution is -0.132. The smallest absolute Gasteiger partial charge is 0.408 e. The van der Waals surface area contributed by atoms with E-state index in [-0.39, 0.29) is 5.91 Å². The Bertz CT molecular complexity index is 1540. The molecule has 1 saturated heterocycles. The minimum absolute atomic E-state index is 0.0792. The van der Waals surface area contributed by atoms with Crippen molar-refractivity contribution in [3.63, 3.8) is 0 Å². The summed E-state index contributed by atoms with van der Waals surface area (Å²) in [6.07, 6.45) is 5.93. The van der Waals surface area contributed by atoms with Crippen molar-refractivity contribution in [2.75, 3.05) is 25.5 Å². The topological polar surface area (TPSA) is 144 Å². The molecule has 258 valence electrons. The highest BCUT2D eigenvalue weighted by Crippen LogP contribution is 2.26. The number of hydrogen-bond acceptors (Lipinski definition) is 7. The summed E-state index contributed by atoms with van der Waals surface area (Å²) in [5.74, 6) is -0.399. The van der Waals surface area contributed by atoms with Gasteiger partial charge in [-0.3, -0.25) is 19.1 Å². The molecule has 4 rings (SSSR count). The number of hydrogen-bond donors (Lipinski definition) is 3. The predicted molar refractivity (Wildman–Crippen MR) is 183 cm³/mol. The summed E-state index contributed by atoms with van der Waals surface area (Å²) in [5, 5.41) is 12.8. The molecule has 0 aliphatic carbocycles. The molecule has 2 heterocycles. The fourth-order valence-corrected chi connectivity index (χ4v) is 5.46. The number of nitrogens with zero attached hydrogens (tertiary/aromatic N) is 3. The number of likely N-dealkylation sites (tertiary alicyclic amines) is 1. The lowest BCUT2D eigenvalue weighted by Crippen LogP contribution is -2.58. The van der Waals surface area contributed by atoms with Crippen molar-refractivity contribution < 1.29 is 28.7 Å². The highest BCUT2D eigenvalue weighted by atomic mass is 16.6. The van der Waals surface area contributed by atoms with Gasteiger partial charge in [0.05, 0.1) is 19.0 Å². The number of alkyl carbamates (subject to hydrolysis) is 1. The minimum Gasteiger partial charge on any atom is -0.497 e. The van der Waals surface area contributed by atoms with Gasteiger partial charge in [-0.15, -0.1) is 0 Å². The first-order valence-electron chi connectivity index (χ1n) is 16.4. The third-order valence-electron chi connectivity index (χ3n) is 8.02. The lowest BCUT2D eigenvalue weighted by atomic mass is 10.0. The second-order valence-electron chi connectivity index (χ2n) is 13.6. The van der Waals surface area contributed by atoms with Crippen LogP contribution in [0.1, 0.15) is 77.5 Å². The van der Waals surface area contributed by atoms with E-state index in [0.29, 0.717) is 43.8 Å². The van der Waals surface area contributed by atoms with E-state index in [9.17, 15) is 19.2 Å². The van der Waals surface area contributed by atoms with E-state index in [1.807, 2.05) is 47.4 Å². The van der Waals surface area contributed by atoms with Crippen molar-refractivity contribution in [2.45, 2.75) is 89.9 Å². The number of nitrogens with one attached hydrogen (secondary N) is 3. The second kappa shape index (κ2) is 15.8. The summed E-state index contributed by atoms with van der Waals surface area (Å²) in [6, 6.07) is 15.5. The fraction of sp³-hybridized carbons (Fsp3) is 0.472. The summed E-state index contributed by atoms with van der Waals surface area (Å²) in [4.78, 5) is 55.2. The van der Waals surface area contributed by atoms with E-state index >= 15 is 0 Å². The van der Waals surface area contributed by atoms with E-state index in [1.165, 1.54) is 6.20 Å². The molecule has 4 amide bonds. The Hall–Kier alpha value is -4.87. The molecule has 1 aromatic heterocycles. The predicted octanol–water partition coefficient (Wildman–Crippen LogP) is 4.85. The highest BCUT2D eigenvalue weighted by molar-refractivity contribution is 5.99. The van der Waals surface area contributed by atoms with E-state index < -0.39 is 41.1 Å². The molecule has 0 saturated carbocycles. The molecule has 12 heteroatoms. The van der Waals surface area contributed by atoms with Gasteiger partial charge in [-0.2, -0.15) is 5.10 Å². The Kier molecular flexibility index (Phi) is 11.9. The van der Waals surface area contributed by atoms with E-state index in [0.717, 1.165) is 24.0 Å². The van der Waals surface area contributed by atoms with Crippen molar-refractivity contribution in [2.24, 2.45) is 0 Å². The molecule has 0 spiro atoms. The molecule has 3 N–H and O–H groups in total. The first-order chi connectivity index (χ1) is 22.8. The summed E-state index contributed by atoms with van der Waals surface area (Å²) in [5.41, 5.74) is 0.114. The summed E-state index contributed by atoms with van der Waals surface area (Å²) >= 11 is 0. The van der Waals surface area contributed by atoms with Crippen molar-refractivity contribution in [3.05, 3.63) is 78.1 Å². The number of anilines is 1. The number of benzene rings is 2. The van der Waals surface area contributed by atoms with Gasteiger partial charge in [0.15, 0.2) is 6.04 Å². The maximum absolute atomic E-state index is 13.7. The van der Waals surface area contributed by atoms with Crippen LogP contribution < -0.4 is 20.7 Å². The Labute approximate surface area is 282 Å². The molecular weight excluding hydrogens is 612 g/mol. The third-order valence-corrected chi connectivity index (χ3v) is 8.02. The summed E-state index contributed by atoms with van der Waals surface area (Å²) in [6.45, 7) is 9.65. The number of carbonyl (C=O) groups is 4. The van der Waals surface area contributed by atoms with Gasteiger partial charge >= 0.3 is 6.09 Å². The standard InChI is InChI=1S/C36H48N6O6/c1-35(2,3)48-34(46)40-36(4,5)33(45)39-29(16-12-15-25-13-8-7-9-14-25)31(43)38-27-23-37-42(24-27)30(32(44)41-21-10-11-22-41)26-17-19-28(47-6)20-18-26/h7-9,13-14,17-20,23-24,29-30H,10-12,15-16,21-22H2,1-6H3,(H,38,43)(H,39,45)(H,40,46). The fourth-order valence-electron chi connectivity index (χ4n) is 5.46. The molecule has 3 aromatic rings. The Morgan fingerprint density at radius 1 is 0.938 bits per heavy atom. The van der Waals surface area contributed by atoms with Crippen LogP contribution in [0.2, 0.25) is 0 Å².